The lowest BCUT2D eigenvalue weighted by molar-refractivity contribution is -0.136. The van der Waals surface area contributed by atoms with Crippen molar-refractivity contribution in [2.24, 2.45) is 0 Å². The third kappa shape index (κ3) is 3.26. The third-order valence-corrected chi connectivity index (χ3v) is 3.19. The molecule has 1 saturated carbocycles. The van der Waals surface area contributed by atoms with Crippen LogP contribution in [0.15, 0.2) is 30.3 Å². The zero-order chi connectivity index (χ0) is 15.0. The van der Waals surface area contributed by atoms with Gasteiger partial charge in [-0.2, -0.15) is 0 Å². The molecule has 0 heterocycles. The van der Waals surface area contributed by atoms with Gasteiger partial charge in [-0.1, -0.05) is 30.3 Å². The Kier molecular flexibility index (Phi) is 3.48. The van der Waals surface area contributed by atoms with Crippen LogP contribution in [0.3, 0.4) is 0 Å². The summed E-state index contributed by atoms with van der Waals surface area (Å²) in [6.07, 6.45) is -1.47. The van der Waals surface area contributed by atoms with Crippen LogP contribution in [0.25, 0.3) is 0 Å². The van der Waals surface area contributed by atoms with Gasteiger partial charge < -0.3 is 10.1 Å². The molecule has 5 heteroatoms. The number of carbonyl (C=O) groups is 1. The van der Waals surface area contributed by atoms with Crippen LogP contribution in [0.5, 0.6) is 0 Å². The van der Waals surface area contributed by atoms with E-state index in [-0.39, 0.29) is 0 Å². The van der Waals surface area contributed by atoms with Crippen LogP contribution in [0, 0.1) is 0 Å². The van der Waals surface area contributed by atoms with Crippen LogP contribution in [0.2, 0.25) is 0 Å². The number of ether oxygens (including phenoxy) is 1. The van der Waals surface area contributed by atoms with Gasteiger partial charge in [0.15, 0.2) is 0 Å². The van der Waals surface area contributed by atoms with Crippen molar-refractivity contribution < 1.29 is 18.3 Å². The number of rotatable bonds is 2. The zero-order valence-corrected chi connectivity index (χ0v) is 11.9. The van der Waals surface area contributed by atoms with E-state index in [4.69, 9.17) is 4.74 Å². The van der Waals surface area contributed by atoms with Gasteiger partial charge in [0.05, 0.1) is 5.54 Å². The fourth-order valence-corrected chi connectivity index (χ4v) is 2.45. The highest BCUT2D eigenvalue weighted by atomic mass is 19.3. The van der Waals surface area contributed by atoms with Crippen molar-refractivity contribution in [3.05, 3.63) is 35.9 Å². The molecule has 20 heavy (non-hydrogen) atoms. The largest absolute Gasteiger partial charge is 0.444 e. The molecule has 1 aromatic rings. The maximum atomic E-state index is 13.3. The van der Waals surface area contributed by atoms with Crippen molar-refractivity contribution in [2.75, 3.05) is 0 Å². The lowest BCUT2D eigenvalue weighted by Crippen LogP contribution is -2.60. The summed E-state index contributed by atoms with van der Waals surface area (Å²) in [6, 6.07) is 8.83. The number of nitrogens with one attached hydrogen (secondary N) is 1. The van der Waals surface area contributed by atoms with Crippen molar-refractivity contribution in [3.63, 3.8) is 0 Å². The Balaban J connectivity index is 2.16. The van der Waals surface area contributed by atoms with Crippen LogP contribution in [-0.4, -0.2) is 17.6 Å². The molecule has 2 rings (SSSR count). The first-order chi connectivity index (χ1) is 9.12. The molecule has 0 spiro atoms. The number of hydrogen-bond acceptors (Lipinski definition) is 2. The summed E-state index contributed by atoms with van der Waals surface area (Å²) < 4.78 is 31.8. The van der Waals surface area contributed by atoms with E-state index in [0.717, 1.165) is 0 Å². The number of alkyl halides is 2. The Morgan fingerprint density at radius 1 is 1.20 bits per heavy atom. The third-order valence-electron chi connectivity index (χ3n) is 3.19. The van der Waals surface area contributed by atoms with Crippen LogP contribution in [-0.2, 0) is 10.3 Å². The first kappa shape index (κ1) is 14.8. The Morgan fingerprint density at radius 2 is 1.75 bits per heavy atom. The summed E-state index contributed by atoms with van der Waals surface area (Å²) >= 11 is 0. The molecule has 0 radical (unpaired) electrons. The van der Waals surface area contributed by atoms with E-state index in [1.54, 1.807) is 45.0 Å². The van der Waals surface area contributed by atoms with Gasteiger partial charge in [0.25, 0.3) is 5.92 Å². The number of hydrogen-bond donors (Lipinski definition) is 1. The average molecular weight is 283 g/mol. The van der Waals surface area contributed by atoms with Crippen molar-refractivity contribution in [1.29, 1.82) is 0 Å². The maximum absolute atomic E-state index is 13.3. The van der Waals surface area contributed by atoms with Crippen molar-refractivity contribution in [2.45, 2.75) is 50.7 Å². The number of benzene rings is 1. The van der Waals surface area contributed by atoms with E-state index < -0.39 is 36.0 Å². The molecular formula is C15H19F2NO2. The van der Waals surface area contributed by atoms with Crippen LogP contribution in [0.4, 0.5) is 13.6 Å². The molecule has 3 nitrogen and oxygen atoms in total. The van der Waals surface area contributed by atoms with Crippen LogP contribution < -0.4 is 5.32 Å². The maximum Gasteiger partial charge on any atom is 0.408 e. The lowest BCUT2D eigenvalue weighted by atomic mass is 9.69. The minimum absolute atomic E-state index is 0.400. The quantitative estimate of drug-likeness (QED) is 0.895. The summed E-state index contributed by atoms with van der Waals surface area (Å²) in [5.74, 6) is -2.75. The highest BCUT2D eigenvalue weighted by Crippen LogP contribution is 2.51. The Labute approximate surface area is 117 Å². The van der Waals surface area contributed by atoms with Gasteiger partial charge in [-0.25, -0.2) is 13.6 Å². The van der Waals surface area contributed by atoms with Gasteiger partial charge in [-0.3, -0.25) is 0 Å². The second kappa shape index (κ2) is 4.72. The molecule has 0 unspecified atom stereocenters. The molecule has 1 aromatic carbocycles. The molecule has 0 saturated heterocycles. The number of carbonyl (C=O) groups excluding carboxylic acids is 1. The molecule has 110 valence electrons. The minimum atomic E-state index is -2.75. The second-order valence-electron chi connectivity index (χ2n) is 6.28. The molecule has 0 bridgehead atoms. The van der Waals surface area contributed by atoms with E-state index in [1.807, 2.05) is 6.07 Å². The fraction of sp³-hybridized carbons (Fsp3) is 0.533. The standard InChI is InChI=1S/C15H19F2NO2/c1-13(2,3)20-12(19)18-14(9-15(16,17)10-14)11-7-5-4-6-8-11/h4-8H,9-10H2,1-3H3,(H,18,19). The van der Waals surface area contributed by atoms with E-state index in [9.17, 15) is 13.6 Å². The van der Waals surface area contributed by atoms with E-state index in [0.29, 0.717) is 5.56 Å². The van der Waals surface area contributed by atoms with Crippen molar-refractivity contribution >= 4 is 6.09 Å². The van der Waals surface area contributed by atoms with Crippen molar-refractivity contribution in [3.8, 4) is 0 Å². The highest BCUT2D eigenvalue weighted by Gasteiger charge is 2.58. The molecular weight excluding hydrogens is 264 g/mol. The Bertz CT molecular complexity index is 486. The van der Waals surface area contributed by atoms with Gasteiger partial charge in [0.1, 0.15) is 5.60 Å². The summed E-state index contributed by atoms with van der Waals surface area (Å²) in [5.41, 5.74) is -1.02. The normalized spacial score (nSPS) is 19.9. The Morgan fingerprint density at radius 3 is 2.20 bits per heavy atom. The second-order valence-corrected chi connectivity index (χ2v) is 6.28. The fourth-order valence-electron chi connectivity index (χ4n) is 2.45. The number of alkyl carbamates (subject to hydrolysis) is 1. The van der Waals surface area contributed by atoms with Gasteiger partial charge in [-0.05, 0) is 26.3 Å². The van der Waals surface area contributed by atoms with E-state index in [1.165, 1.54) is 0 Å². The van der Waals surface area contributed by atoms with Crippen molar-refractivity contribution in [1.82, 2.24) is 5.32 Å². The summed E-state index contributed by atoms with van der Waals surface area (Å²) in [6.45, 7) is 5.20. The first-order valence-electron chi connectivity index (χ1n) is 6.57. The lowest BCUT2D eigenvalue weighted by Gasteiger charge is -2.48. The predicted molar refractivity (Wildman–Crippen MR) is 71.7 cm³/mol. The minimum Gasteiger partial charge on any atom is -0.444 e. The molecule has 1 aliphatic rings. The Hall–Kier alpha value is -1.65. The molecule has 1 fully saturated rings. The van der Waals surface area contributed by atoms with Gasteiger partial charge in [0.2, 0.25) is 0 Å². The van der Waals surface area contributed by atoms with Gasteiger partial charge in [-0.15, -0.1) is 0 Å². The van der Waals surface area contributed by atoms with Crippen LogP contribution in [0.1, 0.15) is 39.2 Å². The molecule has 0 atom stereocenters. The summed E-state index contributed by atoms with van der Waals surface area (Å²) in [7, 11) is 0. The SMILES string of the molecule is CC(C)(C)OC(=O)NC1(c2ccccc2)CC(F)(F)C1. The molecule has 1 amide bonds. The first-order valence-corrected chi connectivity index (χ1v) is 6.57. The number of halogens is 2. The predicted octanol–water partition coefficient (Wildman–Crippen LogP) is 3.84. The van der Waals surface area contributed by atoms with E-state index >= 15 is 0 Å². The number of amides is 1. The summed E-state index contributed by atoms with van der Waals surface area (Å²) in [5, 5.41) is 2.62. The summed E-state index contributed by atoms with van der Waals surface area (Å²) in [4.78, 5) is 11.9. The zero-order valence-electron chi connectivity index (χ0n) is 11.9. The monoisotopic (exact) mass is 283 g/mol. The molecule has 1 N–H and O–H groups in total. The van der Waals surface area contributed by atoms with Gasteiger partial charge in [0, 0.05) is 12.8 Å². The highest BCUT2D eigenvalue weighted by molar-refractivity contribution is 5.69. The topological polar surface area (TPSA) is 38.3 Å². The van der Waals surface area contributed by atoms with Crippen LogP contribution >= 0.6 is 0 Å². The molecule has 0 aliphatic heterocycles. The van der Waals surface area contributed by atoms with Gasteiger partial charge >= 0.3 is 6.09 Å². The molecule has 0 aromatic heterocycles. The smallest absolute Gasteiger partial charge is 0.408 e. The molecule has 1 aliphatic carbocycles. The van der Waals surface area contributed by atoms with E-state index in [2.05, 4.69) is 5.32 Å². The average Bonchev–Trinajstić information content (AvgIpc) is 2.24.